The van der Waals surface area contributed by atoms with Crippen LogP contribution in [0.25, 0.3) is 0 Å². The molecular formula is C21H23ClN4O. The first-order valence-corrected chi connectivity index (χ1v) is 10.1. The molecule has 2 aliphatic rings. The molecule has 0 N–H and O–H groups in total. The Balaban J connectivity index is 1.59. The van der Waals surface area contributed by atoms with Crippen molar-refractivity contribution in [3.63, 3.8) is 0 Å². The summed E-state index contributed by atoms with van der Waals surface area (Å²) in [6, 6.07) is 9.49. The van der Waals surface area contributed by atoms with E-state index in [4.69, 9.17) is 11.6 Å². The molecule has 0 spiro atoms. The minimum absolute atomic E-state index is 0.0417. The lowest BCUT2D eigenvalue weighted by atomic mass is 9.76. The summed E-state index contributed by atoms with van der Waals surface area (Å²) in [5, 5.41) is 18.6. The van der Waals surface area contributed by atoms with Crippen molar-refractivity contribution in [2.45, 2.75) is 62.8 Å². The first kappa shape index (κ1) is 18.2. The van der Waals surface area contributed by atoms with Gasteiger partial charge >= 0.3 is 0 Å². The second-order valence-corrected chi connectivity index (χ2v) is 8.31. The van der Waals surface area contributed by atoms with Gasteiger partial charge < -0.3 is 0 Å². The summed E-state index contributed by atoms with van der Waals surface area (Å²) in [4.78, 5) is 12.9. The van der Waals surface area contributed by atoms with E-state index in [1.54, 1.807) is 16.8 Å². The van der Waals surface area contributed by atoms with E-state index >= 15 is 0 Å². The standard InChI is InChI=1S/C21H23ClN4O/c22-17-8-4-7-16(11-17)20(27)12-18(15-5-2-1-3-6-15)19-13-26(25-24-19)21(14-23)9-10-21/h4,7-8,11,13,15,18H,1-3,5-6,9-10,12H2/t18-/m0/s1. The first-order valence-electron chi connectivity index (χ1n) is 9.74. The molecule has 0 aliphatic heterocycles. The number of aromatic nitrogens is 3. The number of rotatable bonds is 6. The van der Waals surface area contributed by atoms with Crippen LogP contribution in [0.1, 0.15) is 73.3 Å². The van der Waals surface area contributed by atoms with Crippen molar-refractivity contribution in [1.29, 1.82) is 5.26 Å². The number of halogens is 1. The minimum atomic E-state index is -0.515. The number of nitrogens with zero attached hydrogens (tertiary/aromatic N) is 4. The van der Waals surface area contributed by atoms with Crippen LogP contribution in [0, 0.1) is 17.2 Å². The lowest BCUT2D eigenvalue weighted by Gasteiger charge is -2.28. The van der Waals surface area contributed by atoms with Gasteiger partial charge in [0.25, 0.3) is 0 Å². The Bertz CT molecular complexity index is 874. The van der Waals surface area contributed by atoms with Gasteiger partial charge in [0.15, 0.2) is 11.3 Å². The fourth-order valence-corrected chi connectivity index (χ4v) is 4.39. The summed E-state index contributed by atoms with van der Waals surface area (Å²) in [5.41, 5.74) is 0.976. The van der Waals surface area contributed by atoms with Crippen molar-refractivity contribution in [1.82, 2.24) is 15.0 Å². The Hall–Kier alpha value is -2.19. The van der Waals surface area contributed by atoms with Crippen molar-refractivity contribution < 1.29 is 4.79 Å². The Kier molecular flexibility index (Phi) is 5.01. The Morgan fingerprint density at radius 3 is 2.78 bits per heavy atom. The topological polar surface area (TPSA) is 71.6 Å². The molecule has 0 unspecified atom stereocenters. The van der Waals surface area contributed by atoms with Crippen LogP contribution in [0.2, 0.25) is 5.02 Å². The molecule has 2 fully saturated rings. The maximum atomic E-state index is 12.9. The van der Waals surface area contributed by atoms with E-state index in [1.807, 2.05) is 18.3 Å². The van der Waals surface area contributed by atoms with Crippen LogP contribution in [0.5, 0.6) is 0 Å². The van der Waals surface area contributed by atoms with E-state index in [9.17, 15) is 10.1 Å². The molecule has 1 aromatic carbocycles. The van der Waals surface area contributed by atoms with Gasteiger partial charge in [0.1, 0.15) is 0 Å². The number of ketones is 1. The van der Waals surface area contributed by atoms with Crippen molar-refractivity contribution in [2.75, 3.05) is 0 Å². The van der Waals surface area contributed by atoms with Gasteiger partial charge in [-0.2, -0.15) is 5.26 Å². The highest BCUT2D eigenvalue weighted by Crippen LogP contribution is 2.43. The average Bonchev–Trinajstić information content (AvgIpc) is 3.35. The van der Waals surface area contributed by atoms with Crippen molar-refractivity contribution in [3.05, 3.63) is 46.7 Å². The highest BCUT2D eigenvalue weighted by molar-refractivity contribution is 6.31. The Morgan fingerprint density at radius 1 is 1.33 bits per heavy atom. The molecular weight excluding hydrogens is 360 g/mol. The number of hydrogen-bond acceptors (Lipinski definition) is 4. The van der Waals surface area contributed by atoms with Crippen molar-refractivity contribution in [2.24, 2.45) is 5.92 Å². The zero-order valence-corrected chi connectivity index (χ0v) is 16.0. The van der Waals surface area contributed by atoms with Gasteiger partial charge in [-0.25, -0.2) is 4.68 Å². The normalized spacial score (nSPS) is 20.0. The number of Topliss-reactive ketones (excluding diaryl/α,β-unsaturated/α-hetero) is 1. The van der Waals surface area contributed by atoms with Crippen LogP contribution in [-0.4, -0.2) is 20.8 Å². The van der Waals surface area contributed by atoms with Gasteiger partial charge in [0, 0.05) is 22.9 Å². The van der Waals surface area contributed by atoms with Crippen LogP contribution >= 0.6 is 11.6 Å². The second kappa shape index (κ2) is 7.44. The van der Waals surface area contributed by atoms with Gasteiger partial charge in [0.05, 0.1) is 18.0 Å². The van der Waals surface area contributed by atoms with Gasteiger partial charge in [-0.3, -0.25) is 4.79 Å². The molecule has 1 atom stereocenters. The third-order valence-corrected chi connectivity index (χ3v) is 6.27. The van der Waals surface area contributed by atoms with E-state index in [1.165, 1.54) is 19.3 Å². The molecule has 0 bridgehead atoms. The van der Waals surface area contributed by atoms with E-state index in [0.717, 1.165) is 31.4 Å². The molecule has 0 saturated heterocycles. The lowest BCUT2D eigenvalue weighted by Crippen LogP contribution is -2.20. The molecule has 1 heterocycles. The molecule has 1 aromatic heterocycles. The maximum Gasteiger partial charge on any atom is 0.163 e. The predicted octanol–water partition coefficient (Wildman–Crippen LogP) is 4.88. The highest BCUT2D eigenvalue weighted by atomic mass is 35.5. The lowest BCUT2D eigenvalue weighted by molar-refractivity contribution is 0.0957. The summed E-state index contributed by atoms with van der Waals surface area (Å²) in [6.45, 7) is 0. The second-order valence-electron chi connectivity index (χ2n) is 7.87. The van der Waals surface area contributed by atoms with Crippen molar-refractivity contribution in [3.8, 4) is 6.07 Å². The van der Waals surface area contributed by atoms with Crippen molar-refractivity contribution >= 4 is 17.4 Å². The third-order valence-electron chi connectivity index (χ3n) is 6.03. The number of carbonyl (C=O) groups excluding carboxylic acids is 1. The Labute approximate surface area is 164 Å². The molecule has 0 amide bonds. The predicted molar refractivity (Wildman–Crippen MR) is 103 cm³/mol. The molecule has 0 radical (unpaired) electrons. The molecule has 2 aliphatic carbocycles. The molecule has 2 aromatic rings. The summed E-state index contributed by atoms with van der Waals surface area (Å²) in [7, 11) is 0. The fraction of sp³-hybridized carbons (Fsp3) is 0.524. The Morgan fingerprint density at radius 2 is 2.11 bits per heavy atom. The van der Waals surface area contributed by atoms with E-state index < -0.39 is 5.54 Å². The summed E-state index contributed by atoms with van der Waals surface area (Å²) < 4.78 is 1.71. The molecule has 2 saturated carbocycles. The number of carbonyl (C=O) groups is 1. The molecule has 140 valence electrons. The van der Waals surface area contributed by atoms with Crippen LogP contribution in [0.4, 0.5) is 0 Å². The first-order chi connectivity index (χ1) is 13.1. The molecule has 5 nitrogen and oxygen atoms in total. The van der Waals surface area contributed by atoms with Gasteiger partial charge in [0.2, 0.25) is 0 Å². The van der Waals surface area contributed by atoms with Gasteiger partial charge in [-0.1, -0.05) is 48.2 Å². The quantitative estimate of drug-likeness (QED) is 0.667. The van der Waals surface area contributed by atoms with E-state index in [0.29, 0.717) is 22.9 Å². The van der Waals surface area contributed by atoms with Crippen LogP contribution in [-0.2, 0) is 5.54 Å². The van der Waals surface area contributed by atoms with Crippen LogP contribution < -0.4 is 0 Å². The zero-order chi connectivity index (χ0) is 18.9. The molecule has 4 rings (SSSR count). The monoisotopic (exact) mass is 382 g/mol. The number of benzene rings is 1. The smallest absolute Gasteiger partial charge is 0.163 e. The number of nitriles is 1. The summed E-state index contributed by atoms with van der Waals surface area (Å²) in [6.07, 6.45) is 9.84. The largest absolute Gasteiger partial charge is 0.294 e. The van der Waals surface area contributed by atoms with E-state index in [2.05, 4.69) is 16.4 Å². The maximum absolute atomic E-state index is 12.9. The summed E-state index contributed by atoms with van der Waals surface area (Å²) in [5.74, 6) is 0.563. The average molecular weight is 383 g/mol. The minimum Gasteiger partial charge on any atom is -0.294 e. The highest BCUT2D eigenvalue weighted by Gasteiger charge is 2.47. The third kappa shape index (κ3) is 3.77. The number of hydrogen-bond donors (Lipinski definition) is 0. The van der Waals surface area contributed by atoms with E-state index in [-0.39, 0.29) is 11.7 Å². The van der Waals surface area contributed by atoms with Gasteiger partial charge in [-0.15, -0.1) is 5.10 Å². The van der Waals surface area contributed by atoms with Crippen LogP contribution in [0.15, 0.2) is 30.5 Å². The fourth-order valence-electron chi connectivity index (χ4n) is 4.20. The SMILES string of the molecule is N#CC1(n2cc([C@@H](CC(=O)c3cccc(Cl)c3)C3CCCCC3)nn2)CC1. The van der Waals surface area contributed by atoms with Gasteiger partial charge in [-0.05, 0) is 43.7 Å². The molecule has 27 heavy (non-hydrogen) atoms. The van der Waals surface area contributed by atoms with Crippen LogP contribution in [0.3, 0.4) is 0 Å². The summed E-state index contributed by atoms with van der Waals surface area (Å²) >= 11 is 6.06. The molecule has 6 heteroatoms. The zero-order valence-electron chi connectivity index (χ0n) is 15.3.